The zero-order chi connectivity index (χ0) is 19.5. The van der Waals surface area contributed by atoms with Crippen molar-refractivity contribution in [3.8, 4) is 0 Å². The van der Waals surface area contributed by atoms with Crippen LogP contribution in [0.25, 0.3) is 0 Å². The first-order valence-corrected chi connectivity index (χ1v) is 10.9. The van der Waals surface area contributed by atoms with Gasteiger partial charge in [0.25, 0.3) is 0 Å². The molecule has 0 aromatic carbocycles. The second-order valence-electron chi connectivity index (χ2n) is 6.80. The quantitative estimate of drug-likeness (QED) is 0.153. The topological polar surface area (TPSA) is 101 Å². The molecule has 2 fully saturated rings. The Morgan fingerprint density at radius 3 is 2.96 bits per heavy atom. The zero-order valence-electron chi connectivity index (χ0n) is 16.3. The number of unbranched alkanes of at least 4 members (excludes halogenated alkanes) is 2. The Balaban J connectivity index is 1.42. The number of nitrogens with one attached hydrogen (secondary N) is 3. The number of hydrogen-bond donors (Lipinski definition) is 3. The Bertz CT molecular complexity index is 518. The predicted molar refractivity (Wildman–Crippen MR) is 107 cm³/mol. The highest BCUT2D eigenvalue weighted by atomic mass is 32.2. The van der Waals surface area contributed by atoms with E-state index < -0.39 is 0 Å². The maximum Gasteiger partial charge on any atom is 0.315 e. The van der Waals surface area contributed by atoms with Crippen LogP contribution in [0.1, 0.15) is 52.4 Å². The lowest BCUT2D eigenvalue weighted by Crippen LogP contribution is -2.36. The van der Waals surface area contributed by atoms with Crippen LogP contribution in [0.4, 0.5) is 4.79 Å². The van der Waals surface area contributed by atoms with Gasteiger partial charge in [0.15, 0.2) is 0 Å². The van der Waals surface area contributed by atoms with Gasteiger partial charge in [0.2, 0.25) is 11.8 Å². The highest BCUT2D eigenvalue weighted by Crippen LogP contribution is 2.33. The van der Waals surface area contributed by atoms with E-state index in [2.05, 4.69) is 21.1 Å². The highest BCUT2D eigenvalue weighted by Gasteiger charge is 2.42. The van der Waals surface area contributed by atoms with Gasteiger partial charge in [0, 0.05) is 30.9 Å². The summed E-state index contributed by atoms with van der Waals surface area (Å²) in [6, 6.07) is 0.477. The lowest BCUT2D eigenvalue weighted by Gasteiger charge is -2.16. The lowest BCUT2D eigenvalue weighted by molar-refractivity contribution is -0.121. The van der Waals surface area contributed by atoms with Crippen LogP contribution in [0.5, 0.6) is 0 Å². The van der Waals surface area contributed by atoms with E-state index in [1.54, 1.807) is 6.92 Å². The zero-order valence-corrected chi connectivity index (χ0v) is 17.1. The van der Waals surface area contributed by atoms with Gasteiger partial charge in [-0.1, -0.05) is 11.6 Å². The van der Waals surface area contributed by atoms with E-state index in [0.29, 0.717) is 37.3 Å². The average Bonchev–Trinajstić information content (AvgIpc) is 3.17. The molecule has 2 aliphatic rings. The minimum atomic E-state index is -0.0451. The van der Waals surface area contributed by atoms with Gasteiger partial charge in [-0.25, -0.2) is 4.79 Å². The fourth-order valence-corrected chi connectivity index (χ4v) is 4.80. The minimum Gasteiger partial charge on any atom is -0.479 e. The van der Waals surface area contributed by atoms with E-state index in [9.17, 15) is 9.59 Å². The van der Waals surface area contributed by atoms with Crippen molar-refractivity contribution in [1.29, 1.82) is 0 Å². The molecule has 154 valence electrons. The lowest BCUT2D eigenvalue weighted by atomic mass is 10.0. The number of hydrogen-bond acceptors (Lipinski definition) is 6. The molecule has 2 saturated heterocycles. The summed E-state index contributed by atoms with van der Waals surface area (Å²) >= 11 is 1.92. The monoisotopic (exact) mass is 400 g/mol. The summed E-state index contributed by atoms with van der Waals surface area (Å²) in [5.74, 6) is 1.62. The molecule has 3 N–H and O–H groups in total. The molecule has 2 heterocycles. The van der Waals surface area contributed by atoms with Crippen molar-refractivity contribution < 1.29 is 19.2 Å². The molecule has 27 heavy (non-hydrogen) atoms. The van der Waals surface area contributed by atoms with Crippen LogP contribution in [0, 0.1) is 0 Å². The van der Waals surface area contributed by atoms with Crippen molar-refractivity contribution in [2.24, 2.45) is 5.16 Å². The van der Waals surface area contributed by atoms with Crippen molar-refractivity contribution in [2.75, 3.05) is 25.5 Å². The van der Waals surface area contributed by atoms with E-state index in [0.717, 1.165) is 37.9 Å². The molecule has 0 spiro atoms. The summed E-state index contributed by atoms with van der Waals surface area (Å²) in [6.45, 7) is 5.42. The fourth-order valence-electron chi connectivity index (χ4n) is 3.25. The molecule has 0 saturated carbocycles. The van der Waals surface area contributed by atoms with E-state index in [4.69, 9.17) is 9.57 Å². The van der Waals surface area contributed by atoms with Crippen LogP contribution >= 0.6 is 11.8 Å². The van der Waals surface area contributed by atoms with Crippen LogP contribution in [0.2, 0.25) is 0 Å². The summed E-state index contributed by atoms with van der Waals surface area (Å²) in [7, 11) is 0. The van der Waals surface area contributed by atoms with E-state index in [1.165, 1.54) is 0 Å². The molecule has 0 aromatic heterocycles. The Morgan fingerprint density at radius 1 is 1.30 bits per heavy atom. The van der Waals surface area contributed by atoms with Crippen LogP contribution in [-0.2, 0) is 14.4 Å². The Labute approximate surface area is 165 Å². The standard InChI is InChI=1S/C18H32N4O4S/c1-3-25-13(2)22-26-11-7-6-10-19-16(23)9-5-4-8-15-17-14(12-27-15)20-18(24)21-17/h14-15,17H,3-12H2,1-2H3,(H,19,23)(H2,20,21,24)/t14-,15-,17-/m0/s1. The van der Waals surface area contributed by atoms with Crippen LogP contribution in [0.3, 0.4) is 0 Å². The average molecular weight is 401 g/mol. The summed E-state index contributed by atoms with van der Waals surface area (Å²) < 4.78 is 5.15. The van der Waals surface area contributed by atoms with Crippen molar-refractivity contribution in [2.45, 2.75) is 69.7 Å². The first-order valence-electron chi connectivity index (χ1n) is 9.85. The number of carbonyl (C=O) groups excluding carboxylic acids is 2. The molecule has 0 unspecified atom stereocenters. The molecule has 2 rings (SSSR count). The number of rotatable bonds is 12. The van der Waals surface area contributed by atoms with E-state index >= 15 is 0 Å². The van der Waals surface area contributed by atoms with Gasteiger partial charge in [-0.05, 0) is 32.6 Å². The number of thioether (sulfide) groups is 1. The van der Waals surface area contributed by atoms with Gasteiger partial charge in [-0.15, -0.1) is 0 Å². The third-order valence-electron chi connectivity index (χ3n) is 4.61. The van der Waals surface area contributed by atoms with E-state index in [-0.39, 0.29) is 24.0 Å². The molecule has 0 aliphatic carbocycles. The van der Waals surface area contributed by atoms with Crippen molar-refractivity contribution in [3.05, 3.63) is 0 Å². The molecule has 8 nitrogen and oxygen atoms in total. The second kappa shape index (κ2) is 11.9. The normalized spacial score (nSPS) is 24.1. The summed E-state index contributed by atoms with van der Waals surface area (Å²) in [6.07, 6.45) is 5.20. The van der Waals surface area contributed by atoms with Crippen molar-refractivity contribution >= 4 is 29.6 Å². The molecule has 2 aliphatic heterocycles. The molecule has 3 atom stereocenters. The first-order chi connectivity index (χ1) is 13.1. The molecule has 0 bridgehead atoms. The largest absolute Gasteiger partial charge is 0.479 e. The predicted octanol–water partition coefficient (Wildman–Crippen LogP) is 2.00. The number of oxime groups is 1. The number of amides is 3. The van der Waals surface area contributed by atoms with Gasteiger partial charge in [-0.3, -0.25) is 4.79 Å². The molecule has 3 amide bonds. The Hall–Kier alpha value is -1.64. The van der Waals surface area contributed by atoms with Crippen molar-refractivity contribution in [1.82, 2.24) is 16.0 Å². The SMILES string of the molecule is CCOC(C)=NOCCCCNC(=O)CCCC[C@@H]1SC[C@@H]2NC(=O)N[C@@H]21. The van der Waals surface area contributed by atoms with Gasteiger partial charge >= 0.3 is 6.03 Å². The minimum absolute atomic E-state index is 0.0451. The van der Waals surface area contributed by atoms with Gasteiger partial charge in [0.1, 0.15) is 6.61 Å². The maximum atomic E-state index is 11.9. The highest BCUT2D eigenvalue weighted by molar-refractivity contribution is 8.00. The van der Waals surface area contributed by atoms with Gasteiger partial charge < -0.3 is 25.5 Å². The van der Waals surface area contributed by atoms with Crippen molar-refractivity contribution in [3.63, 3.8) is 0 Å². The summed E-state index contributed by atoms with van der Waals surface area (Å²) in [5, 5.41) is 13.2. The molecule has 0 radical (unpaired) electrons. The third kappa shape index (κ3) is 7.86. The second-order valence-corrected chi connectivity index (χ2v) is 8.07. The fraction of sp³-hybridized carbons (Fsp3) is 0.833. The third-order valence-corrected chi connectivity index (χ3v) is 6.12. The first kappa shape index (κ1) is 21.7. The maximum absolute atomic E-state index is 11.9. The van der Waals surface area contributed by atoms with Crippen LogP contribution in [0.15, 0.2) is 5.16 Å². The smallest absolute Gasteiger partial charge is 0.315 e. The molecular weight excluding hydrogens is 368 g/mol. The number of fused-ring (bicyclic) bond motifs is 1. The Kier molecular flexibility index (Phi) is 9.58. The summed E-state index contributed by atoms with van der Waals surface area (Å²) in [4.78, 5) is 28.4. The number of carbonyl (C=O) groups is 2. The number of ether oxygens (including phenoxy) is 1. The van der Waals surface area contributed by atoms with Crippen LogP contribution < -0.4 is 16.0 Å². The van der Waals surface area contributed by atoms with Crippen LogP contribution in [-0.4, -0.2) is 60.7 Å². The number of nitrogens with zero attached hydrogens (tertiary/aromatic N) is 1. The number of urea groups is 1. The summed E-state index contributed by atoms with van der Waals surface area (Å²) in [5.41, 5.74) is 0. The van der Waals surface area contributed by atoms with Gasteiger partial charge in [-0.2, -0.15) is 11.8 Å². The Morgan fingerprint density at radius 2 is 2.15 bits per heavy atom. The van der Waals surface area contributed by atoms with Gasteiger partial charge in [0.05, 0.1) is 18.7 Å². The van der Waals surface area contributed by atoms with E-state index in [1.807, 2.05) is 18.7 Å². The molecular formula is C18H32N4O4S. The molecule has 0 aromatic rings. The molecule has 9 heteroatoms.